The largest absolute Gasteiger partial charge is 0.346 e. The lowest BCUT2D eigenvalue weighted by Gasteiger charge is -2.24. The zero-order valence-electron chi connectivity index (χ0n) is 17.9. The van der Waals surface area contributed by atoms with Crippen LogP contribution in [0.5, 0.6) is 0 Å². The number of amides is 1. The van der Waals surface area contributed by atoms with Crippen LogP contribution < -0.4 is 5.32 Å². The Bertz CT molecular complexity index is 1140. The Kier molecular flexibility index (Phi) is 6.04. The molecule has 31 heavy (non-hydrogen) atoms. The molecular weight excluding hydrogens is 430 g/mol. The maximum Gasteiger partial charge on any atom is 0.251 e. The first-order chi connectivity index (χ1) is 14.7. The molecule has 1 aliphatic heterocycles. The van der Waals surface area contributed by atoms with Gasteiger partial charge in [-0.1, -0.05) is 37.6 Å². The zero-order valence-corrected chi connectivity index (χ0v) is 19.5. The lowest BCUT2D eigenvalue weighted by molar-refractivity contribution is 0.0915. The lowest BCUT2D eigenvalue weighted by atomic mass is 9.98. The van der Waals surface area contributed by atoms with E-state index in [1.165, 1.54) is 0 Å². The summed E-state index contributed by atoms with van der Waals surface area (Å²) in [5, 5.41) is 3.79. The Morgan fingerprint density at radius 1 is 1.19 bits per heavy atom. The lowest BCUT2D eigenvalue weighted by Crippen LogP contribution is -2.46. The van der Waals surface area contributed by atoms with Crippen molar-refractivity contribution in [2.75, 3.05) is 11.5 Å². The van der Waals surface area contributed by atoms with Crippen molar-refractivity contribution in [1.29, 1.82) is 0 Å². The first-order valence-electron chi connectivity index (χ1n) is 10.4. The topological polar surface area (TPSA) is 64.0 Å². The van der Waals surface area contributed by atoms with Crippen LogP contribution in [-0.4, -0.2) is 36.7 Å². The molecule has 1 saturated heterocycles. The fourth-order valence-corrected chi connectivity index (χ4v) is 5.81. The smallest absolute Gasteiger partial charge is 0.251 e. The first kappa shape index (κ1) is 21.8. The number of hydrogen-bond acceptors (Lipinski definition) is 3. The highest BCUT2D eigenvalue weighted by molar-refractivity contribution is 7.85. The molecule has 4 rings (SSSR count). The van der Waals surface area contributed by atoms with Crippen molar-refractivity contribution in [3.8, 4) is 16.8 Å². The van der Waals surface area contributed by atoms with Gasteiger partial charge in [0.15, 0.2) is 0 Å². The van der Waals surface area contributed by atoms with Gasteiger partial charge in [-0.2, -0.15) is 0 Å². The van der Waals surface area contributed by atoms with Crippen LogP contribution in [0.2, 0.25) is 5.02 Å². The summed E-state index contributed by atoms with van der Waals surface area (Å²) < 4.78 is 13.9. The summed E-state index contributed by atoms with van der Waals surface area (Å²) >= 11 is 6.07. The molecule has 7 heteroatoms. The summed E-state index contributed by atoms with van der Waals surface area (Å²) in [6.07, 6.45) is 4.41. The van der Waals surface area contributed by atoms with Gasteiger partial charge in [0, 0.05) is 62.4 Å². The Labute approximate surface area is 190 Å². The van der Waals surface area contributed by atoms with Crippen molar-refractivity contribution in [1.82, 2.24) is 14.9 Å². The van der Waals surface area contributed by atoms with Crippen molar-refractivity contribution in [3.05, 3.63) is 71.3 Å². The molecule has 1 aromatic heterocycles. The Hall–Kier alpha value is -2.44. The number of benzene rings is 2. The van der Waals surface area contributed by atoms with E-state index in [9.17, 15) is 9.00 Å². The highest BCUT2D eigenvalue weighted by Crippen LogP contribution is 2.28. The number of rotatable bonds is 5. The summed E-state index contributed by atoms with van der Waals surface area (Å²) in [5.41, 5.74) is 2.88. The van der Waals surface area contributed by atoms with E-state index >= 15 is 0 Å². The molecule has 2 unspecified atom stereocenters. The van der Waals surface area contributed by atoms with E-state index in [0.717, 1.165) is 22.6 Å². The maximum atomic E-state index is 13.2. The van der Waals surface area contributed by atoms with Gasteiger partial charge in [-0.15, -0.1) is 0 Å². The molecule has 2 aromatic carbocycles. The third-order valence-corrected chi connectivity index (χ3v) is 7.47. The molecule has 162 valence electrons. The van der Waals surface area contributed by atoms with Gasteiger partial charge >= 0.3 is 0 Å². The van der Waals surface area contributed by atoms with Gasteiger partial charge in [-0.3, -0.25) is 9.00 Å². The molecule has 2 heterocycles. The van der Waals surface area contributed by atoms with Gasteiger partial charge in [-0.25, -0.2) is 4.98 Å². The molecule has 1 N–H and O–H groups in total. The number of carbonyl (C=O) groups is 1. The molecule has 0 radical (unpaired) electrons. The van der Waals surface area contributed by atoms with Gasteiger partial charge < -0.3 is 9.88 Å². The number of imidazole rings is 1. The molecule has 2 atom stereocenters. The molecular formula is C24H26ClN3O2S. The van der Waals surface area contributed by atoms with E-state index in [2.05, 4.69) is 30.2 Å². The van der Waals surface area contributed by atoms with Crippen molar-refractivity contribution in [3.63, 3.8) is 0 Å². The molecule has 1 aliphatic rings. The molecule has 0 bridgehead atoms. The van der Waals surface area contributed by atoms with Crippen LogP contribution in [0, 0.1) is 0 Å². The van der Waals surface area contributed by atoms with Crippen molar-refractivity contribution >= 4 is 28.3 Å². The number of aromatic nitrogens is 2. The Morgan fingerprint density at radius 3 is 2.58 bits per heavy atom. The summed E-state index contributed by atoms with van der Waals surface area (Å²) in [6.45, 7) is 6.15. The van der Waals surface area contributed by atoms with Crippen molar-refractivity contribution in [2.45, 2.75) is 38.6 Å². The number of nitrogens with zero attached hydrogens (tertiary/aromatic N) is 2. The second-order valence-corrected chi connectivity index (χ2v) is 10.7. The summed E-state index contributed by atoms with van der Waals surface area (Å²) in [7, 11) is -0.878. The molecule has 5 nitrogen and oxygen atoms in total. The summed E-state index contributed by atoms with van der Waals surface area (Å²) in [6, 6.07) is 13.4. The minimum Gasteiger partial charge on any atom is -0.346 e. The van der Waals surface area contributed by atoms with Gasteiger partial charge in [0.1, 0.15) is 5.82 Å². The van der Waals surface area contributed by atoms with Crippen molar-refractivity contribution < 1.29 is 9.00 Å². The average molecular weight is 456 g/mol. The number of nitrogens with one attached hydrogen (secondary N) is 1. The van der Waals surface area contributed by atoms with Crippen LogP contribution in [0.4, 0.5) is 0 Å². The predicted octanol–water partition coefficient (Wildman–Crippen LogP) is 4.96. The van der Waals surface area contributed by atoms with E-state index in [4.69, 9.17) is 11.6 Å². The van der Waals surface area contributed by atoms with Crippen LogP contribution in [-0.2, 0) is 10.8 Å². The minimum absolute atomic E-state index is 0.162. The normalized spacial score (nSPS) is 20.9. The second-order valence-electron chi connectivity index (χ2n) is 8.64. The van der Waals surface area contributed by atoms with Crippen molar-refractivity contribution in [2.24, 2.45) is 0 Å². The molecule has 0 aliphatic carbocycles. The number of halogens is 1. The quantitative estimate of drug-likeness (QED) is 0.591. The van der Waals surface area contributed by atoms with Crippen LogP contribution in [0.3, 0.4) is 0 Å². The zero-order chi connectivity index (χ0) is 22.2. The molecule has 1 fully saturated rings. The SMILES string of the molecule is CC(C)c1nccn1-c1cc(C(=O)NC2(C)CCS(=O)C2)cc(-c2ccc(Cl)cc2)c1. The molecule has 0 saturated carbocycles. The van der Waals surface area contributed by atoms with E-state index in [1.807, 2.05) is 54.1 Å². The molecule has 3 aromatic rings. The highest BCUT2D eigenvalue weighted by Gasteiger charge is 2.35. The average Bonchev–Trinajstić information content (AvgIpc) is 3.35. The maximum absolute atomic E-state index is 13.2. The third-order valence-electron chi connectivity index (χ3n) is 5.60. The fraction of sp³-hybridized carbons (Fsp3) is 0.333. The third kappa shape index (κ3) is 4.75. The van der Waals surface area contributed by atoms with Crippen LogP contribution in [0.25, 0.3) is 16.8 Å². The van der Waals surface area contributed by atoms with E-state index in [0.29, 0.717) is 28.5 Å². The standard InChI is InChI=1S/C24H26ClN3O2S/c1-16(2)22-26-9-10-28(22)21-13-18(17-4-6-20(25)7-5-17)12-19(14-21)23(29)27-24(3)8-11-31(30)15-24/h4-7,9-10,12-14,16H,8,11,15H2,1-3H3,(H,27,29). The molecule has 0 spiro atoms. The Balaban J connectivity index is 1.78. The fourth-order valence-electron chi connectivity index (χ4n) is 3.93. The van der Waals surface area contributed by atoms with E-state index in [-0.39, 0.29) is 11.8 Å². The highest BCUT2D eigenvalue weighted by atomic mass is 35.5. The first-order valence-corrected chi connectivity index (χ1v) is 12.2. The second kappa shape index (κ2) is 8.60. The minimum atomic E-state index is -0.878. The summed E-state index contributed by atoms with van der Waals surface area (Å²) in [5.74, 6) is 2.11. The molecule has 1 amide bonds. The summed E-state index contributed by atoms with van der Waals surface area (Å²) in [4.78, 5) is 17.7. The predicted molar refractivity (Wildman–Crippen MR) is 126 cm³/mol. The van der Waals surface area contributed by atoms with Gasteiger partial charge in [0.2, 0.25) is 0 Å². The number of hydrogen-bond donors (Lipinski definition) is 1. The van der Waals surface area contributed by atoms with Gasteiger partial charge in [-0.05, 0) is 54.8 Å². The monoisotopic (exact) mass is 455 g/mol. The van der Waals surface area contributed by atoms with Crippen LogP contribution in [0.15, 0.2) is 54.9 Å². The van der Waals surface area contributed by atoms with Gasteiger partial charge in [0.25, 0.3) is 5.91 Å². The van der Waals surface area contributed by atoms with Crippen LogP contribution in [0.1, 0.15) is 49.3 Å². The van der Waals surface area contributed by atoms with Gasteiger partial charge in [0.05, 0.1) is 0 Å². The Morgan fingerprint density at radius 2 is 1.94 bits per heavy atom. The van der Waals surface area contributed by atoms with E-state index < -0.39 is 16.3 Å². The van der Waals surface area contributed by atoms with Crippen LogP contribution >= 0.6 is 11.6 Å². The van der Waals surface area contributed by atoms with E-state index in [1.54, 1.807) is 6.20 Å². The number of carbonyl (C=O) groups excluding carboxylic acids is 1.